The molecule has 0 spiro atoms. The Hall–Kier alpha value is -2.70. The lowest BCUT2D eigenvalue weighted by atomic mass is 9.94. The quantitative estimate of drug-likeness (QED) is 0.805. The molecule has 0 radical (unpaired) electrons. The van der Waals surface area contributed by atoms with Crippen LogP contribution in [0.3, 0.4) is 0 Å². The van der Waals surface area contributed by atoms with Gasteiger partial charge >= 0.3 is 0 Å². The van der Waals surface area contributed by atoms with Crippen molar-refractivity contribution >= 4 is 10.0 Å². The number of hydrogen-bond acceptors (Lipinski definition) is 7. The van der Waals surface area contributed by atoms with E-state index in [0.29, 0.717) is 43.0 Å². The van der Waals surface area contributed by atoms with Gasteiger partial charge in [0.25, 0.3) is 0 Å². The summed E-state index contributed by atoms with van der Waals surface area (Å²) in [4.78, 5) is 8.34. The van der Waals surface area contributed by atoms with Crippen LogP contribution in [0.1, 0.15) is 31.2 Å². The summed E-state index contributed by atoms with van der Waals surface area (Å²) in [6.45, 7) is 0. The third kappa shape index (κ3) is 4.93. The molecule has 1 heterocycles. The first-order valence-electron chi connectivity index (χ1n) is 8.55. The summed E-state index contributed by atoms with van der Waals surface area (Å²) >= 11 is 0. The van der Waals surface area contributed by atoms with E-state index in [1.807, 2.05) is 6.07 Å². The number of aromatic nitrogens is 2. The molecule has 1 N–H and O–H groups in total. The molecule has 0 unspecified atom stereocenters. The first-order valence-corrected chi connectivity index (χ1v) is 10.0. The normalized spacial score (nSPS) is 19.9. The second kappa shape index (κ2) is 8.33. The molecule has 9 heteroatoms. The van der Waals surface area contributed by atoms with Crippen molar-refractivity contribution in [3.05, 3.63) is 42.2 Å². The van der Waals surface area contributed by atoms with Crippen molar-refractivity contribution < 1.29 is 17.9 Å². The molecule has 0 saturated heterocycles. The van der Waals surface area contributed by atoms with Gasteiger partial charge in [-0.25, -0.2) is 13.1 Å². The highest BCUT2D eigenvalue weighted by atomic mass is 32.2. The summed E-state index contributed by atoms with van der Waals surface area (Å²) < 4.78 is 38.6. The summed E-state index contributed by atoms with van der Waals surface area (Å²) in [6, 6.07) is 7.69. The summed E-state index contributed by atoms with van der Waals surface area (Å²) in [6.07, 6.45) is 5.74. The fourth-order valence-corrected chi connectivity index (χ4v) is 4.26. The number of ether oxygens (including phenoxy) is 2. The minimum absolute atomic E-state index is 0.0397. The van der Waals surface area contributed by atoms with Crippen LogP contribution in [-0.4, -0.2) is 37.6 Å². The van der Waals surface area contributed by atoms with Gasteiger partial charge < -0.3 is 9.47 Å². The Morgan fingerprint density at radius 2 is 1.78 bits per heavy atom. The van der Waals surface area contributed by atoms with E-state index in [4.69, 9.17) is 14.7 Å². The molecule has 1 fully saturated rings. The Bertz CT molecular complexity index is 917. The van der Waals surface area contributed by atoms with Gasteiger partial charge in [-0.3, -0.25) is 4.98 Å². The predicted molar refractivity (Wildman–Crippen MR) is 96.7 cm³/mol. The predicted octanol–water partition coefficient (Wildman–Crippen LogP) is 2.03. The van der Waals surface area contributed by atoms with Crippen LogP contribution in [-0.2, 0) is 10.0 Å². The van der Waals surface area contributed by atoms with Crippen molar-refractivity contribution in [3.8, 4) is 17.8 Å². The highest BCUT2D eigenvalue weighted by Crippen LogP contribution is 2.24. The third-order valence-corrected chi connectivity index (χ3v) is 5.91. The number of methoxy groups -OCH3 is 1. The van der Waals surface area contributed by atoms with Crippen molar-refractivity contribution in [2.75, 3.05) is 7.11 Å². The van der Waals surface area contributed by atoms with Gasteiger partial charge in [-0.2, -0.15) is 10.2 Å². The molecule has 0 atom stereocenters. The third-order valence-electron chi connectivity index (χ3n) is 4.38. The van der Waals surface area contributed by atoms with Crippen LogP contribution in [0.15, 0.2) is 41.6 Å². The Morgan fingerprint density at radius 3 is 2.41 bits per heavy atom. The first kappa shape index (κ1) is 19.1. The molecule has 2 aromatic rings. The van der Waals surface area contributed by atoms with Crippen LogP contribution in [0.25, 0.3) is 0 Å². The maximum atomic E-state index is 12.5. The van der Waals surface area contributed by atoms with Crippen LogP contribution in [0.4, 0.5) is 0 Å². The molecule has 1 aliphatic rings. The zero-order valence-corrected chi connectivity index (χ0v) is 15.6. The summed E-state index contributed by atoms with van der Waals surface area (Å²) in [7, 11) is -2.10. The van der Waals surface area contributed by atoms with Gasteiger partial charge in [0.15, 0.2) is 0 Å². The molecule has 1 aliphatic carbocycles. The van der Waals surface area contributed by atoms with Crippen molar-refractivity contribution in [1.82, 2.24) is 14.7 Å². The molecule has 3 rings (SSSR count). The molecule has 1 aromatic heterocycles. The molecule has 0 bridgehead atoms. The Balaban J connectivity index is 1.54. The second-order valence-corrected chi connectivity index (χ2v) is 7.96. The average Bonchev–Trinajstić information content (AvgIpc) is 2.69. The number of nitrogens with one attached hydrogen (secondary N) is 1. The average molecular weight is 388 g/mol. The van der Waals surface area contributed by atoms with Gasteiger partial charge in [-0.15, -0.1) is 0 Å². The van der Waals surface area contributed by atoms with E-state index in [2.05, 4.69) is 14.7 Å². The van der Waals surface area contributed by atoms with E-state index in [0.717, 1.165) is 0 Å². The van der Waals surface area contributed by atoms with Crippen LogP contribution >= 0.6 is 0 Å². The molecule has 27 heavy (non-hydrogen) atoms. The number of nitrogens with zero attached hydrogens (tertiary/aromatic N) is 3. The topological polar surface area (TPSA) is 114 Å². The lowest BCUT2D eigenvalue weighted by Crippen LogP contribution is -2.39. The number of hydrogen-bond donors (Lipinski definition) is 1. The minimum atomic E-state index is -3.61. The van der Waals surface area contributed by atoms with Gasteiger partial charge in [0.05, 0.1) is 36.0 Å². The van der Waals surface area contributed by atoms with Crippen LogP contribution in [0.2, 0.25) is 0 Å². The SMILES string of the molecule is COc1cncc(OC2CCC(NS(=O)(=O)c3ccc(C#N)cc3)CC2)n1. The molecular formula is C18H20N4O4S. The van der Waals surface area contributed by atoms with E-state index in [9.17, 15) is 8.42 Å². The zero-order chi connectivity index (χ0) is 19.3. The van der Waals surface area contributed by atoms with Crippen molar-refractivity contribution in [1.29, 1.82) is 5.26 Å². The highest BCUT2D eigenvalue weighted by molar-refractivity contribution is 7.89. The van der Waals surface area contributed by atoms with Crippen molar-refractivity contribution in [2.24, 2.45) is 0 Å². The standard InChI is InChI=1S/C18H20N4O4S/c1-25-17-11-20-12-18(21-17)26-15-6-4-14(5-7-15)22-27(23,24)16-8-2-13(10-19)3-9-16/h2-3,8-9,11-12,14-15,22H,4-7H2,1H3. The largest absolute Gasteiger partial charge is 0.480 e. The maximum absolute atomic E-state index is 12.5. The van der Waals surface area contributed by atoms with Crippen LogP contribution < -0.4 is 14.2 Å². The lowest BCUT2D eigenvalue weighted by molar-refractivity contribution is 0.136. The minimum Gasteiger partial charge on any atom is -0.480 e. The van der Waals surface area contributed by atoms with Crippen LogP contribution in [0, 0.1) is 11.3 Å². The van der Waals surface area contributed by atoms with E-state index in [-0.39, 0.29) is 17.0 Å². The zero-order valence-electron chi connectivity index (χ0n) is 14.8. The van der Waals surface area contributed by atoms with Crippen LogP contribution in [0.5, 0.6) is 11.8 Å². The van der Waals surface area contributed by atoms with Gasteiger partial charge in [-0.1, -0.05) is 0 Å². The molecule has 142 valence electrons. The fraction of sp³-hybridized carbons (Fsp3) is 0.389. The fourth-order valence-electron chi connectivity index (χ4n) is 2.95. The summed E-state index contributed by atoms with van der Waals surface area (Å²) in [5.41, 5.74) is 0.423. The van der Waals surface area contributed by atoms with Gasteiger partial charge in [0.2, 0.25) is 21.8 Å². The molecule has 8 nitrogen and oxygen atoms in total. The molecule has 0 aliphatic heterocycles. The Labute approximate surface area is 158 Å². The highest BCUT2D eigenvalue weighted by Gasteiger charge is 2.27. The molecule has 1 saturated carbocycles. The monoisotopic (exact) mass is 388 g/mol. The molecule has 0 amide bonds. The summed E-state index contributed by atoms with van der Waals surface area (Å²) in [5.74, 6) is 0.785. The maximum Gasteiger partial charge on any atom is 0.240 e. The first-order chi connectivity index (χ1) is 13.0. The van der Waals surface area contributed by atoms with E-state index in [1.54, 1.807) is 0 Å². The van der Waals surface area contributed by atoms with Gasteiger partial charge in [0, 0.05) is 6.04 Å². The van der Waals surface area contributed by atoms with Gasteiger partial charge in [0.1, 0.15) is 6.10 Å². The van der Waals surface area contributed by atoms with Crippen molar-refractivity contribution in [2.45, 2.75) is 42.7 Å². The lowest BCUT2D eigenvalue weighted by Gasteiger charge is -2.29. The number of benzene rings is 1. The second-order valence-electron chi connectivity index (χ2n) is 6.25. The number of nitriles is 1. The van der Waals surface area contributed by atoms with Crippen molar-refractivity contribution in [3.63, 3.8) is 0 Å². The number of sulfonamides is 1. The summed E-state index contributed by atoms with van der Waals surface area (Å²) in [5, 5.41) is 8.81. The molecular weight excluding hydrogens is 368 g/mol. The van der Waals surface area contributed by atoms with E-state index in [1.165, 1.54) is 43.8 Å². The Morgan fingerprint density at radius 1 is 1.11 bits per heavy atom. The molecule has 1 aromatic carbocycles. The van der Waals surface area contributed by atoms with E-state index < -0.39 is 10.0 Å². The number of rotatable bonds is 6. The smallest absolute Gasteiger partial charge is 0.240 e. The Kier molecular flexibility index (Phi) is 5.88. The van der Waals surface area contributed by atoms with Gasteiger partial charge in [-0.05, 0) is 49.9 Å². The van der Waals surface area contributed by atoms with E-state index >= 15 is 0 Å².